The minimum Gasteiger partial charge on any atom is -0.481 e. The van der Waals surface area contributed by atoms with E-state index in [1.165, 1.54) is 10.5 Å². The first-order valence-corrected chi connectivity index (χ1v) is 6.66. The summed E-state index contributed by atoms with van der Waals surface area (Å²) in [4.78, 5) is 5.42. The summed E-state index contributed by atoms with van der Waals surface area (Å²) >= 11 is 1.76. The number of aromatic nitrogens is 1. The highest BCUT2D eigenvalue weighted by Gasteiger charge is 2.05. The molecule has 0 radical (unpaired) electrons. The summed E-state index contributed by atoms with van der Waals surface area (Å²) in [6, 6.07) is 9.93. The topological polar surface area (TPSA) is 48.1 Å². The molecule has 0 spiro atoms. The van der Waals surface area contributed by atoms with Crippen molar-refractivity contribution in [1.29, 1.82) is 0 Å². The van der Waals surface area contributed by atoms with Gasteiger partial charge >= 0.3 is 0 Å². The summed E-state index contributed by atoms with van der Waals surface area (Å²) in [7, 11) is 1.64. The standard InChI is InChI=1S/C14H16N2OS/c1-10-8-12(15)5-6-13(10)18-9-11-4-3-7-16-14(11)17-2/h3-8H,9,15H2,1-2H3. The van der Waals surface area contributed by atoms with Gasteiger partial charge in [-0.3, -0.25) is 0 Å². The van der Waals surface area contributed by atoms with Crippen LogP contribution in [0.5, 0.6) is 5.88 Å². The molecule has 3 nitrogen and oxygen atoms in total. The van der Waals surface area contributed by atoms with Crippen LogP contribution >= 0.6 is 11.8 Å². The van der Waals surface area contributed by atoms with Crippen molar-refractivity contribution in [3.05, 3.63) is 47.7 Å². The minimum atomic E-state index is 0.693. The first-order chi connectivity index (χ1) is 8.70. The van der Waals surface area contributed by atoms with E-state index in [-0.39, 0.29) is 0 Å². The normalized spacial score (nSPS) is 10.3. The summed E-state index contributed by atoms with van der Waals surface area (Å²) < 4.78 is 5.24. The molecule has 1 heterocycles. The second-order valence-corrected chi connectivity index (χ2v) is 5.00. The molecule has 0 atom stereocenters. The fourth-order valence-electron chi connectivity index (χ4n) is 1.71. The number of rotatable bonds is 4. The predicted octanol–water partition coefficient (Wildman–Crippen LogP) is 3.27. The monoisotopic (exact) mass is 260 g/mol. The van der Waals surface area contributed by atoms with Crippen molar-refractivity contribution in [1.82, 2.24) is 4.98 Å². The van der Waals surface area contributed by atoms with Crippen LogP contribution < -0.4 is 10.5 Å². The van der Waals surface area contributed by atoms with Crippen LogP contribution in [-0.4, -0.2) is 12.1 Å². The van der Waals surface area contributed by atoms with Crippen molar-refractivity contribution in [2.45, 2.75) is 17.6 Å². The molecule has 1 aromatic heterocycles. The van der Waals surface area contributed by atoms with Gasteiger partial charge in [-0.25, -0.2) is 4.98 Å². The Labute approximate surface area is 111 Å². The molecule has 0 unspecified atom stereocenters. The Kier molecular flexibility index (Phi) is 4.10. The van der Waals surface area contributed by atoms with Gasteiger partial charge in [0.2, 0.25) is 5.88 Å². The lowest BCUT2D eigenvalue weighted by Gasteiger charge is -2.08. The number of benzene rings is 1. The van der Waals surface area contributed by atoms with E-state index < -0.39 is 0 Å². The van der Waals surface area contributed by atoms with Gasteiger partial charge in [-0.05, 0) is 36.8 Å². The Hall–Kier alpha value is -1.68. The molecule has 0 saturated carbocycles. The zero-order valence-electron chi connectivity index (χ0n) is 10.5. The van der Waals surface area contributed by atoms with E-state index in [9.17, 15) is 0 Å². The van der Waals surface area contributed by atoms with Crippen molar-refractivity contribution in [2.75, 3.05) is 12.8 Å². The molecule has 0 bridgehead atoms. The molecular weight excluding hydrogens is 244 g/mol. The highest BCUT2D eigenvalue weighted by molar-refractivity contribution is 7.98. The molecule has 0 aliphatic heterocycles. The van der Waals surface area contributed by atoms with Gasteiger partial charge in [-0.1, -0.05) is 6.07 Å². The average molecular weight is 260 g/mol. The Morgan fingerprint density at radius 3 is 2.89 bits per heavy atom. The maximum Gasteiger partial charge on any atom is 0.217 e. The van der Waals surface area contributed by atoms with E-state index in [4.69, 9.17) is 10.5 Å². The summed E-state index contributed by atoms with van der Waals surface area (Å²) in [5.74, 6) is 1.53. The van der Waals surface area contributed by atoms with Crippen molar-refractivity contribution in [3.63, 3.8) is 0 Å². The van der Waals surface area contributed by atoms with Crippen LogP contribution in [0.15, 0.2) is 41.4 Å². The van der Waals surface area contributed by atoms with E-state index in [1.807, 2.05) is 24.3 Å². The van der Waals surface area contributed by atoms with Gasteiger partial charge < -0.3 is 10.5 Å². The zero-order valence-corrected chi connectivity index (χ0v) is 11.3. The average Bonchev–Trinajstić information content (AvgIpc) is 2.38. The van der Waals surface area contributed by atoms with E-state index in [2.05, 4.69) is 18.0 Å². The molecule has 0 fully saturated rings. The number of pyridine rings is 1. The molecular formula is C14H16N2OS. The van der Waals surface area contributed by atoms with Gasteiger partial charge in [0.1, 0.15) is 0 Å². The lowest BCUT2D eigenvalue weighted by atomic mass is 10.2. The number of nitrogen functional groups attached to an aromatic ring is 1. The Balaban J connectivity index is 2.11. The summed E-state index contributed by atoms with van der Waals surface area (Å²) in [5, 5.41) is 0. The number of ether oxygens (including phenoxy) is 1. The molecule has 0 amide bonds. The Bertz CT molecular complexity index is 543. The molecule has 0 saturated heterocycles. The quantitative estimate of drug-likeness (QED) is 0.677. The van der Waals surface area contributed by atoms with Crippen LogP contribution in [0, 0.1) is 6.92 Å². The molecule has 4 heteroatoms. The van der Waals surface area contributed by atoms with Gasteiger partial charge in [0, 0.05) is 28.1 Å². The fraction of sp³-hybridized carbons (Fsp3) is 0.214. The van der Waals surface area contributed by atoms with Crippen LogP contribution in [0.3, 0.4) is 0 Å². The van der Waals surface area contributed by atoms with Crippen LogP contribution in [0.25, 0.3) is 0 Å². The second kappa shape index (κ2) is 5.78. The van der Waals surface area contributed by atoms with Gasteiger partial charge in [-0.2, -0.15) is 0 Å². The Morgan fingerprint density at radius 2 is 2.17 bits per heavy atom. The first-order valence-electron chi connectivity index (χ1n) is 5.67. The number of aryl methyl sites for hydroxylation is 1. The van der Waals surface area contributed by atoms with E-state index >= 15 is 0 Å². The molecule has 2 aromatic rings. The number of hydrogen-bond donors (Lipinski definition) is 1. The maximum atomic E-state index is 5.74. The first kappa shape index (κ1) is 12.8. The number of methoxy groups -OCH3 is 1. The number of nitrogens with zero attached hydrogens (tertiary/aromatic N) is 1. The van der Waals surface area contributed by atoms with Crippen LogP contribution in [0.1, 0.15) is 11.1 Å². The van der Waals surface area contributed by atoms with Gasteiger partial charge in [0.15, 0.2) is 0 Å². The summed E-state index contributed by atoms with van der Waals surface area (Å²) in [6.07, 6.45) is 1.74. The summed E-state index contributed by atoms with van der Waals surface area (Å²) in [6.45, 7) is 2.07. The third-order valence-corrected chi connectivity index (χ3v) is 3.85. The molecule has 0 aliphatic rings. The van der Waals surface area contributed by atoms with Crippen LogP contribution in [0.4, 0.5) is 5.69 Å². The van der Waals surface area contributed by atoms with E-state index in [0.717, 1.165) is 17.0 Å². The fourth-order valence-corrected chi connectivity index (χ4v) is 2.69. The number of nitrogens with two attached hydrogens (primary N) is 1. The highest BCUT2D eigenvalue weighted by Crippen LogP contribution is 2.29. The molecule has 1 aromatic carbocycles. The SMILES string of the molecule is COc1ncccc1CSc1ccc(N)cc1C. The van der Waals surface area contributed by atoms with Gasteiger partial charge in [0.25, 0.3) is 0 Å². The third-order valence-electron chi connectivity index (χ3n) is 2.63. The van der Waals surface area contributed by atoms with E-state index in [0.29, 0.717) is 5.88 Å². The molecule has 2 N–H and O–H groups in total. The number of hydrogen-bond acceptors (Lipinski definition) is 4. The van der Waals surface area contributed by atoms with Crippen LogP contribution in [0.2, 0.25) is 0 Å². The highest BCUT2D eigenvalue weighted by atomic mass is 32.2. The molecule has 94 valence electrons. The smallest absolute Gasteiger partial charge is 0.217 e. The number of thioether (sulfide) groups is 1. The summed E-state index contributed by atoms with van der Waals surface area (Å²) in [5.41, 5.74) is 8.84. The Morgan fingerprint density at radius 1 is 1.33 bits per heavy atom. The lowest BCUT2D eigenvalue weighted by molar-refractivity contribution is 0.394. The van der Waals surface area contributed by atoms with Gasteiger partial charge in [0.05, 0.1) is 7.11 Å². The van der Waals surface area contributed by atoms with Crippen molar-refractivity contribution in [3.8, 4) is 5.88 Å². The van der Waals surface area contributed by atoms with Crippen molar-refractivity contribution < 1.29 is 4.74 Å². The largest absolute Gasteiger partial charge is 0.481 e. The van der Waals surface area contributed by atoms with Gasteiger partial charge in [-0.15, -0.1) is 11.8 Å². The van der Waals surface area contributed by atoms with Crippen LogP contribution in [-0.2, 0) is 5.75 Å². The van der Waals surface area contributed by atoms with Crippen molar-refractivity contribution in [2.24, 2.45) is 0 Å². The molecule has 18 heavy (non-hydrogen) atoms. The maximum absolute atomic E-state index is 5.74. The number of anilines is 1. The minimum absolute atomic E-state index is 0.693. The zero-order chi connectivity index (χ0) is 13.0. The predicted molar refractivity (Wildman–Crippen MR) is 75.9 cm³/mol. The lowest BCUT2D eigenvalue weighted by Crippen LogP contribution is -1.93. The van der Waals surface area contributed by atoms with Crippen molar-refractivity contribution >= 4 is 17.4 Å². The second-order valence-electron chi connectivity index (χ2n) is 3.99. The third kappa shape index (κ3) is 2.96. The van der Waals surface area contributed by atoms with E-state index in [1.54, 1.807) is 25.1 Å². The molecule has 2 rings (SSSR count). The molecule has 0 aliphatic carbocycles.